The molecule has 174 valence electrons. The minimum absolute atomic E-state index is 0.0726. The third-order valence-electron chi connectivity index (χ3n) is 5.63. The van der Waals surface area contributed by atoms with Crippen molar-refractivity contribution in [1.82, 2.24) is 14.3 Å². The van der Waals surface area contributed by atoms with Gasteiger partial charge in [-0.05, 0) is 54.3 Å². The van der Waals surface area contributed by atoms with E-state index in [1.54, 1.807) is 48.7 Å². The zero-order chi connectivity index (χ0) is 23.3. The first kappa shape index (κ1) is 23.1. The van der Waals surface area contributed by atoms with E-state index in [9.17, 15) is 12.8 Å². The van der Waals surface area contributed by atoms with Gasteiger partial charge in [0.25, 0.3) is 0 Å². The smallest absolute Gasteiger partial charge is 0.243 e. The van der Waals surface area contributed by atoms with Crippen molar-refractivity contribution in [3.8, 4) is 0 Å². The fraction of sp³-hybridized carbons (Fsp3) is 0.304. The number of hydrogen-bond acceptors (Lipinski definition) is 7. The van der Waals surface area contributed by atoms with Crippen LogP contribution in [0.25, 0.3) is 0 Å². The summed E-state index contributed by atoms with van der Waals surface area (Å²) < 4.78 is 40.4. The Labute approximate surface area is 193 Å². The number of nitrogens with zero attached hydrogens (tertiary/aromatic N) is 3. The Balaban J connectivity index is 1.31. The molecule has 4 rings (SSSR count). The van der Waals surface area contributed by atoms with Gasteiger partial charge in [-0.2, -0.15) is 9.29 Å². The summed E-state index contributed by atoms with van der Waals surface area (Å²) >= 11 is 0. The molecule has 33 heavy (non-hydrogen) atoms. The Morgan fingerprint density at radius 1 is 1.00 bits per heavy atom. The predicted molar refractivity (Wildman–Crippen MR) is 125 cm³/mol. The summed E-state index contributed by atoms with van der Waals surface area (Å²) in [7, 11) is -3.53. The monoisotopic (exact) mass is 470 g/mol. The van der Waals surface area contributed by atoms with Gasteiger partial charge in [0, 0.05) is 38.4 Å². The number of benzene rings is 2. The van der Waals surface area contributed by atoms with Gasteiger partial charge in [0.05, 0.1) is 4.90 Å². The van der Waals surface area contributed by atoms with E-state index in [0.717, 1.165) is 11.1 Å². The van der Waals surface area contributed by atoms with Crippen molar-refractivity contribution in [3.05, 3.63) is 77.7 Å². The Kier molecular flexibility index (Phi) is 7.17. The van der Waals surface area contributed by atoms with Crippen molar-refractivity contribution in [1.29, 1.82) is 0 Å². The molecule has 0 atom stereocenters. The van der Waals surface area contributed by atoms with Crippen LogP contribution in [0, 0.1) is 5.82 Å². The molecular weight excluding hydrogens is 443 g/mol. The molecule has 8 nitrogen and oxygen atoms in total. The van der Waals surface area contributed by atoms with Crippen molar-refractivity contribution in [2.45, 2.75) is 36.9 Å². The molecule has 0 bridgehead atoms. The van der Waals surface area contributed by atoms with Crippen molar-refractivity contribution in [3.63, 3.8) is 0 Å². The number of piperidine rings is 1. The maximum absolute atomic E-state index is 13.0. The molecule has 4 N–H and O–H groups in total. The predicted octanol–water partition coefficient (Wildman–Crippen LogP) is 2.95. The van der Waals surface area contributed by atoms with Gasteiger partial charge in [-0.3, -0.25) is 0 Å². The quantitative estimate of drug-likeness (QED) is 0.464. The highest BCUT2D eigenvalue weighted by Crippen LogP contribution is 2.22. The SMILES string of the molecule is NCc1ccc(S(=O)(=O)N2CCC(Nc3nccc(NCc4ccc(F)cc4)n3)CC2)cc1. The Hall–Kier alpha value is -3.08. The molecule has 0 radical (unpaired) electrons. The van der Waals surface area contributed by atoms with Crippen molar-refractivity contribution in [2.75, 3.05) is 23.7 Å². The highest BCUT2D eigenvalue weighted by Gasteiger charge is 2.29. The summed E-state index contributed by atoms with van der Waals surface area (Å²) in [6.07, 6.45) is 2.96. The lowest BCUT2D eigenvalue weighted by atomic mass is 10.1. The fourth-order valence-corrected chi connectivity index (χ4v) is 5.16. The minimum Gasteiger partial charge on any atom is -0.366 e. The second-order valence-electron chi connectivity index (χ2n) is 7.92. The van der Waals surface area contributed by atoms with Crippen LogP contribution in [0.5, 0.6) is 0 Å². The zero-order valence-corrected chi connectivity index (χ0v) is 18.9. The molecule has 0 saturated carbocycles. The molecule has 10 heteroatoms. The van der Waals surface area contributed by atoms with Crippen LogP contribution >= 0.6 is 0 Å². The normalized spacial score (nSPS) is 15.3. The summed E-state index contributed by atoms with van der Waals surface area (Å²) in [5.41, 5.74) is 7.43. The van der Waals surface area contributed by atoms with Gasteiger partial charge < -0.3 is 16.4 Å². The van der Waals surface area contributed by atoms with E-state index in [4.69, 9.17) is 5.73 Å². The molecule has 2 heterocycles. The van der Waals surface area contributed by atoms with E-state index in [1.807, 2.05) is 0 Å². The number of nitrogens with two attached hydrogens (primary N) is 1. The number of halogens is 1. The molecule has 0 amide bonds. The summed E-state index contributed by atoms with van der Waals surface area (Å²) in [4.78, 5) is 9.05. The highest BCUT2D eigenvalue weighted by molar-refractivity contribution is 7.89. The van der Waals surface area contributed by atoms with Crippen molar-refractivity contribution >= 4 is 21.8 Å². The Morgan fingerprint density at radius 2 is 1.67 bits per heavy atom. The molecule has 1 saturated heterocycles. The molecule has 0 spiro atoms. The van der Waals surface area contributed by atoms with Gasteiger partial charge in [0.15, 0.2) is 0 Å². The van der Waals surface area contributed by atoms with E-state index in [-0.39, 0.29) is 16.8 Å². The van der Waals surface area contributed by atoms with Gasteiger partial charge in [0.2, 0.25) is 16.0 Å². The molecule has 1 aliphatic rings. The lowest BCUT2D eigenvalue weighted by molar-refractivity contribution is 0.329. The van der Waals surface area contributed by atoms with E-state index >= 15 is 0 Å². The van der Waals surface area contributed by atoms with Gasteiger partial charge in [0.1, 0.15) is 11.6 Å². The van der Waals surface area contributed by atoms with E-state index < -0.39 is 10.0 Å². The van der Waals surface area contributed by atoms with Gasteiger partial charge >= 0.3 is 0 Å². The standard InChI is InChI=1S/C23H27FN6O2S/c24-19-5-1-18(2-6-19)16-27-22-9-12-26-23(29-22)28-20-10-13-30(14-11-20)33(31,32)21-7-3-17(15-25)4-8-21/h1-9,12,20H,10-11,13-16,25H2,(H2,26,27,28,29). The third-order valence-corrected chi connectivity index (χ3v) is 7.54. The third kappa shape index (κ3) is 5.84. The van der Waals surface area contributed by atoms with E-state index in [0.29, 0.717) is 50.8 Å². The average molecular weight is 471 g/mol. The lowest BCUT2D eigenvalue weighted by Gasteiger charge is -2.31. The number of sulfonamides is 1. The number of rotatable bonds is 8. The van der Waals surface area contributed by atoms with Crippen LogP contribution in [0.2, 0.25) is 0 Å². The second kappa shape index (κ2) is 10.2. The topological polar surface area (TPSA) is 113 Å². The first-order valence-electron chi connectivity index (χ1n) is 10.8. The number of aromatic nitrogens is 2. The van der Waals surface area contributed by atoms with Crippen LogP contribution < -0.4 is 16.4 Å². The fourth-order valence-electron chi connectivity index (χ4n) is 3.69. The number of hydrogen-bond donors (Lipinski definition) is 3. The summed E-state index contributed by atoms with van der Waals surface area (Å²) in [5.74, 6) is 0.867. The molecule has 0 unspecified atom stereocenters. The summed E-state index contributed by atoms with van der Waals surface area (Å²) in [6.45, 7) is 1.73. The average Bonchev–Trinajstić information content (AvgIpc) is 2.84. The maximum Gasteiger partial charge on any atom is 0.243 e. The zero-order valence-electron chi connectivity index (χ0n) is 18.1. The first-order chi connectivity index (χ1) is 15.9. The van der Waals surface area contributed by atoms with Crippen molar-refractivity contribution < 1.29 is 12.8 Å². The maximum atomic E-state index is 13.0. The Bertz CT molecular complexity index is 1160. The molecule has 0 aliphatic carbocycles. The molecule has 1 aromatic heterocycles. The molecule has 1 aliphatic heterocycles. The van der Waals surface area contributed by atoms with Crippen LogP contribution in [-0.2, 0) is 23.1 Å². The largest absolute Gasteiger partial charge is 0.366 e. The molecule has 1 fully saturated rings. The van der Waals surface area contributed by atoms with Gasteiger partial charge in [-0.1, -0.05) is 24.3 Å². The number of nitrogens with one attached hydrogen (secondary N) is 2. The Morgan fingerprint density at radius 3 is 2.33 bits per heavy atom. The molecule has 3 aromatic rings. The first-order valence-corrected chi connectivity index (χ1v) is 12.2. The van der Waals surface area contributed by atoms with Crippen LogP contribution in [0.4, 0.5) is 16.2 Å². The van der Waals surface area contributed by atoms with Crippen LogP contribution in [-0.4, -0.2) is 41.8 Å². The van der Waals surface area contributed by atoms with Crippen LogP contribution in [0.3, 0.4) is 0 Å². The highest BCUT2D eigenvalue weighted by atomic mass is 32.2. The van der Waals surface area contributed by atoms with Gasteiger partial charge in [-0.25, -0.2) is 17.8 Å². The van der Waals surface area contributed by atoms with Crippen LogP contribution in [0.15, 0.2) is 65.7 Å². The van der Waals surface area contributed by atoms with E-state index in [2.05, 4.69) is 20.6 Å². The second-order valence-corrected chi connectivity index (χ2v) is 9.85. The summed E-state index contributed by atoms with van der Waals surface area (Å²) in [5, 5.41) is 6.51. The minimum atomic E-state index is -3.53. The lowest BCUT2D eigenvalue weighted by Crippen LogP contribution is -2.42. The summed E-state index contributed by atoms with van der Waals surface area (Å²) in [6, 6.07) is 14.8. The number of anilines is 2. The van der Waals surface area contributed by atoms with Crippen molar-refractivity contribution in [2.24, 2.45) is 5.73 Å². The molecular formula is C23H27FN6O2S. The molecule has 2 aromatic carbocycles. The van der Waals surface area contributed by atoms with Crippen LogP contribution in [0.1, 0.15) is 24.0 Å². The van der Waals surface area contributed by atoms with Gasteiger partial charge in [-0.15, -0.1) is 0 Å². The van der Waals surface area contributed by atoms with E-state index in [1.165, 1.54) is 16.4 Å².